The fourth-order valence-electron chi connectivity index (χ4n) is 1.28. The van der Waals surface area contributed by atoms with Crippen LogP contribution in [-0.4, -0.2) is 6.54 Å². The summed E-state index contributed by atoms with van der Waals surface area (Å²) in [5.74, 6) is 0.631. The summed E-state index contributed by atoms with van der Waals surface area (Å²) in [5, 5.41) is 4.43. The van der Waals surface area contributed by atoms with Crippen LogP contribution >= 0.6 is 11.3 Å². The van der Waals surface area contributed by atoms with Crippen molar-refractivity contribution in [1.29, 1.82) is 0 Å². The monoisotopic (exact) mass is 169 g/mol. The van der Waals surface area contributed by atoms with Crippen LogP contribution in [0.1, 0.15) is 30.4 Å². The van der Waals surface area contributed by atoms with Gasteiger partial charge in [0.2, 0.25) is 0 Å². The van der Waals surface area contributed by atoms with E-state index in [2.05, 4.69) is 24.6 Å². The molecule has 0 aromatic carbocycles. The molecule has 0 spiro atoms. The van der Waals surface area contributed by atoms with Crippen LogP contribution in [-0.2, 0) is 0 Å². The minimum atomic E-state index is 0.631. The summed E-state index contributed by atoms with van der Waals surface area (Å²) in [6, 6.07) is 0. The predicted molar refractivity (Wildman–Crippen MR) is 51.1 cm³/mol. The molecule has 0 fully saturated rings. The van der Waals surface area contributed by atoms with Crippen molar-refractivity contribution < 1.29 is 0 Å². The van der Waals surface area contributed by atoms with E-state index >= 15 is 0 Å². The Morgan fingerprint density at radius 3 is 2.73 bits per heavy atom. The maximum absolute atomic E-state index is 5.49. The van der Waals surface area contributed by atoms with Gasteiger partial charge < -0.3 is 5.73 Å². The summed E-state index contributed by atoms with van der Waals surface area (Å²) >= 11 is 1.78. The summed E-state index contributed by atoms with van der Waals surface area (Å²) in [7, 11) is 0. The molecule has 0 aliphatic rings. The minimum absolute atomic E-state index is 0.631. The molecule has 0 aliphatic carbocycles. The normalized spacial score (nSPS) is 13.4. The molecule has 2 heteroatoms. The lowest BCUT2D eigenvalue weighted by atomic mass is 9.98. The van der Waals surface area contributed by atoms with Crippen LogP contribution in [0.5, 0.6) is 0 Å². The molecular formula is C9H15NS. The first kappa shape index (κ1) is 8.75. The predicted octanol–water partition coefficient (Wildman–Crippen LogP) is 2.51. The largest absolute Gasteiger partial charge is 0.330 e. The Morgan fingerprint density at radius 2 is 2.27 bits per heavy atom. The molecule has 1 rings (SSSR count). The van der Waals surface area contributed by atoms with Gasteiger partial charge in [0.05, 0.1) is 0 Å². The Hall–Kier alpha value is -0.340. The van der Waals surface area contributed by atoms with Gasteiger partial charge >= 0.3 is 0 Å². The molecule has 1 aromatic heterocycles. The zero-order valence-electron chi connectivity index (χ0n) is 7.13. The Balaban J connectivity index is 2.67. The van der Waals surface area contributed by atoms with E-state index in [1.54, 1.807) is 11.3 Å². The van der Waals surface area contributed by atoms with Crippen molar-refractivity contribution in [3.05, 3.63) is 21.9 Å². The zero-order valence-corrected chi connectivity index (χ0v) is 7.95. The Labute approximate surface area is 72.2 Å². The fraction of sp³-hybridized carbons (Fsp3) is 0.556. The summed E-state index contributed by atoms with van der Waals surface area (Å²) in [5.41, 5.74) is 8.37. The Bertz CT molecular complexity index is 217. The minimum Gasteiger partial charge on any atom is -0.330 e. The van der Waals surface area contributed by atoms with Gasteiger partial charge in [-0.05, 0) is 47.7 Å². The van der Waals surface area contributed by atoms with Crippen molar-refractivity contribution in [3.63, 3.8) is 0 Å². The highest BCUT2D eigenvalue weighted by molar-refractivity contribution is 7.08. The molecule has 62 valence electrons. The van der Waals surface area contributed by atoms with E-state index in [1.165, 1.54) is 11.1 Å². The standard InChI is InChI=1S/C9H15NS/c1-7(3-4-10)9-6-11-5-8(9)2/h5-7H,3-4,10H2,1-2H3. The first-order valence-corrected chi connectivity index (χ1v) is 4.92. The van der Waals surface area contributed by atoms with E-state index in [4.69, 9.17) is 5.73 Å². The molecule has 1 nitrogen and oxygen atoms in total. The van der Waals surface area contributed by atoms with Crippen molar-refractivity contribution in [3.8, 4) is 0 Å². The zero-order chi connectivity index (χ0) is 8.27. The Morgan fingerprint density at radius 1 is 1.55 bits per heavy atom. The van der Waals surface area contributed by atoms with Crippen LogP contribution in [0.4, 0.5) is 0 Å². The highest BCUT2D eigenvalue weighted by Gasteiger charge is 2.07. The molecule has 0 aliphatic heterocycles. The van der Waals surface area contributed by atoms with Gasteiger partial charge in [0, 0.05) is 0 Å². The van der Waals surface area contributed by atoms with Crippen molar-refractivity contribution in [1.82, 2.24) is 0 Å². The second-order valence-corrected chi connectivity index (χ2v) is 3.73. The van der Waals surface area contributed by atoms with Gasteiger partial charge in [-0.3, -0.25) is 0 Å². The molecule has 1 aromatic rings. The number of aryl methyl sites for hydroxylation is 1. The van der Waals surface area contributed by atoms with Gasteiger partial charge in [-0.25, -0.2) is 0 Å². The lowest BCUT2D eigenvalue weighted by Gasteiger charge is -2.08. The topological polar surface area (TPSA) is 26.0 Å². The maximum atomic E-state index is 5.49. The van der Waals surface area contributed by atoms with Gasteiger partial charge in [-0.2, -0.15) is 11.3 Å². The molecule has 0 radical (unpaired) electrons. The van der Waals surface area contributed by atoms with Gasteiger partial charge in [0.1, 0.15) is 0 Å². The highest BCUT2D eigenvalue weighted by Crippen LogP contribution is 2.24. The van der Waals surface area contributed by atoms with Crippen LogP contribution in [0.15, 0.2) is 10.8 Å². The SMILES string of the molecule is Cc1cscc1C(C)CCN. The van der Waals surface area contributed by atoms with Gasteiger partial charge in [0.15, 0.2) is 0 Å². The van der Waals surface area contributed by atoms with Crippen LogP contribution in [0, 0.1) is 6.92 Å². The molecule has 0 saturated heterocycles. The average molecular weight is 169 g/mol. The number of hydrogen-bond donors (Lipinski definition) is 1. The van der Waals surface area contributed by atoms with Crippen molar-refractivity contribution in [2.45, 2.75) is 26.2 Å². The molecule has 1 heterocycles. The van der Waals surface area contributed by atoms with Crippen LogP contribution in [0.25, 0.3) is 0 Å². The molecule has 11 heavy (non-hydrogen) atoms. The number of rotatable bonds is 3. The third-order valence-electron chi connectivity index (χ3n) is 2.03. The van der Waals surface area contributed by atoms with E-state index in [0.29, 0.717) is 5.92 Å². The lowest BCUT2D eigenvalue weighted by molar-refractivity contribution is 0.689. The van der Waals surface area contributed by atoms with Gasteiger partial charge in [-0.15, -0.1) is 0 Å². The van der Waals surface area contributed by atoms with E-state index in [-0.39, 0.29) is 0 Å². The highest BCUT2D eigenvalue weighted by atomic mass is 32.1. The lowest BCUT2D eigenvalue weighted by Crippen LogP contribution is -2.04. The first-order valence-electron chi connectivity index (χ1n) is 3.98. The average Bonchev–Trinajstić information content (AvgIpc) is 2.36. The van der Waals surface area contributed by atoms with E-state index < -0.39 is 0 Å². The third kappa shape index (κ3) is 2.04. The van der Waals surface area contributed by atoms with Gasteiger partial charge in [0.25, 0.3) is 0 Å². The molecular weight excluding hydrogens is 154 g/mol. The molecule has 1 atom stereocenters. The smallest absolute Gasteiger partial charge is 0.00558 e. The van der Waals surface area contributed by atoms with E-state index in [1.807, 2.05) is 0 Å². The molecule has 2 N–H and O–H groups in total. The number of hydrogen-bond acceptors (Lipinski definition) is 2. The first-order chi connectivity index (χ1) is 5.25. The van der Waals surface area contributed by atoms with Crippen molar-refractivity contribution in [2.24, 2.45) is 5.73 Å². The molecule has 0 saturated carbocycles. The summed E-state index contributed by atoms with van der Waals surface area (Å²) in [4.78, 5) is 0. The quantitative estimate of drug-likeness (QED) is 0.739. The molecule has 0 amide bonds. The number of thiophene rings is 1. The number of nitrogens with two attached hydrogens (primary N) is 1. The summed E-state index contributed by atoms with van der Waals surface area (Å²) in [6.45, 7) is 5.19. The van der Waals surface area contributed by atoms with Crippen LogP contribution in [0.2, 0.25) is 0 Å². The van der Waals surface area contributed by atoms with Crippen molar-refractivity contribution >= 4 is 11.3 Å². The summed E-state index contributed by atoms with van der Waals surface area (Å²) < 4.78 is 0. The van der Waals surface area contributed by atoms with E-state index in [9.17, 15) is 0 Å². The molecule has 1 unspecified atom stereocenters. The van der Waals surface area contributed by atoms with Crippen molar-refractivity contribution in [2.75, 3.05) is 6.54 Å². The fourth-order valence-corrected chi connectivity index (χ4v) is 2.25. The maximum Gasteiger partial charge on any atom is -0.00558 e. The van der Waals surface area contributed by atoms with E-state index in [0.717, 1.165) is 13.0 Å². The van der Waals surface area contributed by atoms with Gasteiger partial charge in [-0.1, -0.05) is 6.92 Å². The second-order valence-electron chi connectivity index (χ2n) is 2.99. The summed E-state index contributed by atoms with van der Waals surface area (Å²) in [6.07, 6.45) is 1.09. The van der Waals surface area contributed by atoms with Crippen LogP contribution < -0.4 is 5.73 Å². The second kappa shape index (κ2) is 3.88. The Kier molecular flexibility index (Phi) is 3.09. The van der Waals surface area contributed by atoms with Crippen LogP contribution in [0.3, 0.4) is 0 Å². The molecule has 0 bridgehead atoms. The third-order valence-corrected chi connectivity index (χ3v) is 2.91.